The van der Waals surface area contributed by atoms with Gasteiger partial charge in [-0.1, -0.05) is 29.3 Å². The van der Waals surface area contributed by atoms with E-state index >= 15 is 0 Å². The van der Waals surface area contributed by atoms with E-state index in [1.165, 1.54) is 21.4 Å². The summed E-state index contributed by atoms with van der Waals surface area (Å²) in [6.07, 6.45) is 3.03. The second-order valence-corrected chi connectivity index (χ2v) is 7.23. The molecule has 5 nitrogen and oxygen atoms in total. The summed E-state index contributed by atoms with van der Waals surface area (Å²) in [7, 11) is 0. The molecule has 0 unspecified atom stereocenters. The second kappa shape index (κ2) is 7.00. The molecule has 0 radical (unpaired) electrons. The number of anilines is 1. The average Bonchev–Trinajstić information content (AvgIpc) is 3.17. The Labute approximate surface area is 158 Å². The zero-order valence-electron chi connectivity index (χ0n) is 15.6. The van der Waals surface area contributed by atoms with Gasteiger partial charge in [-0.2, -0.15) is 0 Å². The van der Waals surface area contributed by atoms with Crippen LogP contribution in [0, 0.1) is 13.8 Å². The Morgan fingerprint density at radius 1 is 1.07 bits per heavy atom. The minimum Gasteiger partial charge on any atom is -0.361 e. The minimum absolute atomic E-state index is 0.149. The maximum absolute atomic E-state index is 12.7. The van der Waals surface area contributed by atoms with Crippen molar-refractivity contribution >= 4 is 28.4 Å². The molecule has 1 saturated heterocycles. The number of nitrogens with one attached hydrogen (secondary N) is 2. The highest BCUT2D eigenvalue weighted by Crippen LogP contribution is 2.24. The Morgan fingerprint density at radius 3 is 2.59 bits per heavy atom. The first-order valence-electron chi connectivity index (χ1n) is 9.26. The Bertz CT molecular complexity index is 1000. The van der Waals surface area contributed by atoms with E-state index in [0.29, 0.717) is 12.2 Å². The predicted octanol–water partition coefficient (Wildman–Crippen LogP) is 3.25. The van der Waals surface area contributed by atoms with Gasteiger partial charge in [0.2, 0.25) is 5.91 Å². The number of hydrogen-bond donors (Lipinski definition) is 2. The Morgan fingerprint density at radius 2 is 1.81 bits per heavy atom. The summed E-state index contributed by atoms with van der Waals surface area (Å²) in [6, 6.07) is 13.4. The lowest BCUT2D eigenvalue weighted by atomic mass is 10.1. The van der Waals surface area contributed by atoms with Gasteiger partial charge in [-0.05, 0) is 50.1 Å². The first-order chi connectivity index (χ1) is 13.0. The minimum atomic E-state index is -0.453. The van der Waals surface area contributed by atoms with Crippen molar-refractivity contribution in [2.24, 2.45) is 0 Å². The van der Waals surface area contributed by atoms with Crippen molar-refractivity contribution in [1.29, 1.82) is 0 Å². The van der Waals surface area contributed by atoms with Crippen LogP contribution in [-0.2, 0) is 16.0 Å². The monoisotopic (exact) mass is 361 g/mol. The van der Waals surface area contributed by atoms with Crippen LogP contribution in [0.3, 0.4) is 0 Å². The van der Waals surface area contributed by atoms with Crippen LogP contribution in [0.4, 0.5) is 5.69 Å². The molecule has 0 spiro atoms. The number of amides is 2. The zero-order chi connectivity index (χ0) is 19.0. The fourth-order valence-electron chi connectivity index (χ4n) is 3.64. The van der Waals surface area contributed by atoms with Gasteiger partial charge >= 0.3 is 0 Å². The molecule has 2 N–H and O–H groups in total. The SMILES string of the molecule is Cc1ccc(N2C(=O)C[C@H](NCCc3c[nH]c4ccc(C)cc34)C2=O)cc1. The quantitative estimate of drug-likeness (QED) is 0.686. The van der Waals surface area contributed by atoms with Crippen LogP contribution in [-0.4, -0.2) is 29.4 Å². The highest BCUT2D eigenvalue weighted by molar-refractivity contribution is 6.22. The largest absolute Gasteiger partial charge is 0.361 e. The number of nitrogens with zero attached hydrogens (tertiary/aromatic N) is 1. The summed E-state index contributed by atoms with van der Waals surface area (Å²) >= 11 is 0. The van der Waals surface area contributed by atoms with E-state index in [-0.39, 0.29) is 18.2 Å². The number of H-pyrrole nitrogens is 1. The third kappa shape index (κ3) is 3.38. The molecule has 2 aromatic carbocycles. The van der Waals surface area contributed by atoms with E-state index in [1.807, 2.05) is 37.4 Å². The number of carbonyl (C=O) groups is 2. The molecule has 1 aliphatic heterocycles. The molecule has 1 atom stereocenters. The fraction of sp³-hybridized carbons (Fsp3) is 0.273. The van der Waals surface area contributed by atoms with E-state index in [0.717, 1.165) is 17.5 Å². The number of aromatic amines is 1. The lowest BCUT2D eigenvalue weighted by Gasteiger charge is -2.15. The lowest BCUT2D eigenvalue weighted by Crippen LogP contribution is -2.39. The standard InChI is InChI=1S/C22H23N3O2/c1-14-3-6-17(7-4-14)25-21(26)12-20(22(25)27)23-10-9-16-13-24-19-8-5-15(2)11-18(16)19/h3-8,11,13,20,23-24H,9-10,12H2,1-2H3/t20-/m0/s1. The van der Waals surface area contributed by atoms with Gasteiger partial charge in [0, 0.05) is 23.6 Å². The van der Waals surface area contributed by atoms with Crippen LogP contribution >= 0.6 is 0 Å². The molecule has 138 valence electrons. The van der Waals surface area contributed by atoms with Gasteiger partial charge in [0.1, 0.15) is 0 Å². The first-order valence-corrected chi connectivity index (χ1v) is 9.26. The zero-order valence-corrected chi connectivity index (χ0v) is 15.6. The molecule has 1 aliphatic rings. The highest BCUT2D eigenvalue weighted by Gasteiger charge is 2.39. The summed E-state index contributed by atoms with van der Waals surface area (Å²) in [5.41, 5.74) is 5.30. The first kappa shape index (κ1) is 17.5. The summed E-state index contributed by atoms with van der Waals surface area (Å²) in [5, 5.41) is 4.48. The number of carbonyl (C=O) groups excluding carboxylic acids is 2. The number of fused-ring (bicyclic) bond motifs is 1. The molecule has 27 heavy (non-hydrogen) atoms. The number of benzene rings is 2. The van der Waals surface area contributed by atoms with Crippen molar-refractivity contribution in [2.75, 3.05) is 11.4 Å². The van der Waals surface area contributed by atoms with Gasteiger partial charge < -0.3 is 10.3 Å². The molecule has 0 saturated carbocycles. The second-order valence-electron chi connectivity index (χ2n) is 7.23. The summed E-state index contributed by atoms with van der Waals surface area (Å²) in [4.78, 5) is 29.6. The predicted molar refractivity (Wildman–Crippen MR) is 107 cm³/mol. The van der Waals surface area contributed by atoms with Crippen LogP contribution in [0.15, 0.2) is 48.7 Å². The van der Waals surface area contributed by atoms with Gasteiger partial charge in [0.25, 0.3) is 5.91 Å². The van der Waals surface area contributed by atoms with Crippen molar-refractivity contribution < 1.29 is 9.59 Å². The van der Waals surface area contributed by atoms with Crippen LogP contribution in [0.25, 0.3) is 10.9 Å². The van der Waals surface area contributed by atoms with Crippen LogP contribution in [0.1, 0.15) is 23.1 Å². The molecule has 1 aromatic heterocycles. The molecule has 1 fully saturated rings. The van der Waals surface area contributed by atoms with Crippen molar-refractivity contribution in [3.05, 3.63) is 65.4 Å². The van der Waals surface area contributed by atoms with Gasteiger partial charge in [-0.3, -0.25) is 9.59 Å². The summed E-state index contributed by atoms with van der Waals surface area (Å²) < 4.78 is 0. The molecule has 3 aromatic rings. The molecule has 0 bridgehead atoms. The van der Waals surface area contributed by atoms with Crippen molar-refractivity contribution in [3.8, 4) is 0 Å². The van der Waals surface area contributed by atoms with Gasteiger partial charge in [-0.25, -0.2) is 4.90 Å². The fourth-order valence-corrected chi connectivity index (χ4v) is 3.64. The van der Waals surface area contributed by atoms with Gasteiger partial charge in [0.05, 0.1) is 18.2 Å². The Kier molecular flexibility index (Phi) is 4.54. The van der Waals surface area contributed by atoms with E-state index in [4.69, 9.17) is 0 Å². The number of hydrogen-bond acceptors (Lipinski definition) is 3. The van der Waals surface area contributed by atoms with Crippen molar-refractivity contribution in [2.45, 2.75) is 32.7 Å². The number of rotatable bonds is 5. The van der Waals surface area contributed by atoms with Crippen LogP contribution in [0.5, 0.6) is 0 Å². The van der Waals surface area contributed by atoms with E-state index in [2.05, 4.69) is 35.4 Å². The normalized spacial score (nSPS) is 17.3. The Hall–Kier alpha value is -2.92. The summed E-state index contributed by atoms with van der Waals surface area (Å²) in [6.45, 7) is 4.71. The number of imide groups is 1. The van der Waals surface area contributed by atoms with Crippen LogP contribution in [0.2, 0.25) is 0 Å². The van der Waals surface area contributed by atoms with Crippen molar-refractivity contribution in [1.82, 2.24) is 10.3 Å². The van der Waals surface area contributed by atoms with Gasteiger partial charge in [-0.15, -0.1) is 0 Å². The van der Waals surface area contributed by atoms with Crippen molar-refractivity contribution in [3.63, 3.8) is 0 Å². The molecular weight excluding hydrogens is 338 g/mol. The van der Waals surface area contributed by atoms with E-state index in [9.17, 15) is 9.59 Å². The molecule has 2 heterocycles. The lowest BCUT2D eigenvalue weighted by molar-refractivity contribution is -0.121. The van der Waals surface area contributed by atoms with E-state index in [1.54, 1.807) is 0 Å². The number of aryl methyl sites for hydroxylation is 2. The number of aromatic nitrogens is 1. The molecule has 2 amide bonds. The average molecular weight is 361 g/mol. The van der Waals surface area contributed by atoms with Gasteiger partial charge in [0.15, 0.2) is 0 Å². The van der Waals surface area contributed by atoms with E-state index < -0.39 is 6.04 Å². The smallest absolute Gasteiger partial charge is 0.251 e. The molecule has 0 aliphatic carbocycles. The third-order valence-corrected chi connectivity index (χ3v) is 5.15. The Balaban J connectivity index is 1.41. The maximum Gasteiger partial charge on any atom is 0.251 e. The molecule has 5 heteroatoms. The van der Waals surface area contributed by atoms with Crippen LogP contribution < -0.4 is 10.2 Å². The third-order valence-electron chi connectivity index (χ3n) is 5.15. The molecular formula is C22H23N3O2. The maximum atomic E-state index is 12.7. The summed E-state index contributed by atoms with van der Waals surface area (Å²) in [5.74, 6) is -0.317. The highest BCUT2D eigenvalue weighted by atomic mass is 16.2. The molecule has 4 rings (SSSR count). The topological polar surface area (TPSA) is 65.2 Å².